The van der Waals surface area contributed by atoms with Gasteiger partial charge in [0.05, 0.1) is 0 Å². The SMILES string of the molecule is Cc1scc(P(C2CCCC2)C2CCCC2)c1P(C1CCCC1)C1CCCC1. The Morgan fingerprint density at radius 1 is 0.607 bits per heavy atom. The minimum absolute atomic E-state index is 0.103. The Morgan fingerprint density at radius 2 is 0.964 bits per heavy atom. The third-order valence-electron chi connectivity index (χ3n) is 8.33. The molecule has 1 heterocycles. The molecule has 156 valence electrons. The van der Waals surface area contributed by atoms with Crippen molar-refractivity contribution in [3.05, 3.63) is 10.3 Å². The molecule has 0 bridgehead atoms. The lowest BCUT2D eigenvalue weighted by atomic mass is 10.3. The number of aryl methyl sites for hydroxylation is 1. The molecule has 0 N–H and O–H groups in total. The van der Waals surface area contributed by atoms with Crippen LogP contribution in [-0.2, 0) is 0 Å². The molecule has 1 aromatic rings. The fourth-order valence-corrected chi connectivity index (χ4v) is 17.1. The van der Waals surface area contributed by atoms with Crippen LogP contribution >= 0.6 is 27.2 Å². The highest BCUT2D eigenvalue weighted by Gasteiger charge is 2.41. The van der Waals surface area contributed by atoms with Gasteiger partial charge in [0.15, 0.2) is 0 Å². The van der Waals surface area contributed by atoms with E-state index in [0.29, 0.717) is 0 Å². The van der Waals surface area contributed by atoms with E-state index in [1.807, 2.05) is 10.6 Å². The monoisotopic (exact) mass is 434 g/mol. The van der Waals surface area contributed by atoms with Crippen molar-refractivity contribution in [2.75, 3.05) is 0 Å². The highest BCUT2D eigenvalue weighted by atomic mass is 32.1. The standard InChI is InChI=1S/C25H40P2S/c1-19-25(27(22-14-6-7-15-22)23-16-8-9-17-23)24(18-28-19)26(20-10-2-3-11-20)21-12-4-5-13-21/h18,20-23H,2-17H2,1H3. The summed E-state index contributed by atoms with van der Waals surface area (Å²) >= 11 is 2.16. The van der Waals surface area contributed by atoms with E-state index in [1.54, 1.807) is 56.2 Å². The van der Waals surface area contributed by atoms with Crippen molar-refractivity contribution in [2.24, 2.45) is 0 Å². The van der Waals surface area contributed by atoms with Gasteiger partial charge in [0.25, 0.3) is 0 Å². The van der Waals surface area contributed by atoms with Crippen molar-refractivity contribution < 1.29 is 0 Å². The molecule has 5 rings (SSSR count). The molecule has 0 aliphatic heterocycles. The van der Waals surface area contributed by atoms with Crippen LogP contribution in [0.4, 0.5) is 0 Å². The molecule has 0 nitrogen and oxygen atoms in total. The van der Waals surface area contributed by atoms with Crippen molar-refractivity contribution >= 4 is 37.8 Å². The van der Waals surface area contributed by atoms with E-state index in [4.69, 9.17) is 0 Å². The van der Waals surface area contributed by atoms with Crippen LogP contribution in [-0.4, -0.2) is 22.6 Å². The van der Waals surface area contributed by atoms with Gasteiger partial charge in [0.1, 0.15) is 0 Å². The first kappa shape index (κ1) is 20.5. The second kappa shape index (κ2) is 9.37. The van der Waals surface area contributed by atoms with E-state index in [9.17, 15) is 0 Å². The summed E-state index contributed by atoms with van der Waals surface area (Å²) in [6.45, 7) is 2.51. The van der Waals surface area contributed by atoms with Gasteiger partial charge in [-0.05, 0) is 96.9 Å². The molecular formula is C25H40P2S. The average molecular weight is 435 g/mol. The molecule has 0 saturated heterocycles. The van der Waals surface area contributed by atoms with Crippen molar-refractivity contribution in [1.82, 2.24) is 0 Å². The Balaban J connectivity index is 1.54. The molecule has 4 fully saturated rings. The predicted octanol–water partition coefficient (Wildman–Crippen LogP) is 8.04. The third-order valence-corrected chi connectivity index (χ3v) is 17.0. The number of rotatable bonds is 6. The molecule has 1 aromatic heterocycles. The second-order valence-corrected chi connectivity index (χ2v) is 16.7. The number of hydrogen-bond donors (Lipinski definition) is 0. The van der Waals surface area contributed by atoms with E-state index >= 15 is 0 Å². The molecule has 0 amide bonds. The number of thiophene rings is 1. The fourth-order valence-electron chi connectivity index (χ4n) is 7.02. The predicted molar refractivity (Wildman–Crippen MR) is 131 cm³/mol. The Morgan fingerprint density at radius 3 is 1.36 bits per heavy atom. The minimum atomic E-state index is 0.103. The summed E-state index contributed by atoms with van der Waals surface area (Å²) in [5, 5.41) is 6.73. The topological polar surface area (TPSA) is 0 Å². The van der Waals surface area contributed by atoms with Gasteiger partial charge in [-0.25, -0.2) is 0 Å². The highest BCUT2D eigenvalue weighted by Crippen LogP contribution is 2.61. The summed E-state index contributed by atoms with van der Waals surface area (Å²) in [7, 11) is 0.210. The Hall–Kier alpha value is 0.560. The maximum absolute atomic E-state index is 2.73. The van der Waals surface area contributed by atoms with Crippen molar-refractivity contribution in [3.8, 4) is 0 Å². The van der Waals surface area contributed by atoms with Gasteiger partial charge >= 0.3 is 0 Å². The second-order valence-electron chi connectivity index (χ2n) is 10.1. The lowest BCUT2D eigenvalue weighted by molar-refractivity contribution is 0.833. The van der Waals surface area contributed by atoms with E-state index in [-0.39, 0.29) is 15.8 Å². The lowest BCUT2D eigenvalue weighted by Crippen LogP contribution is -2.32. The van der Waals surface area contributed by atoms with Gasteiger partial charge in [0.2, 0.25) is 0 Å². The summed E-state index contributed by atoms with van der Waals surface area (Å²) in [4.78, 5) is 1.75. The van der Waals surface area contributed by atoms with Crippen LogP contribution < -0.4 is 10.6 Å². The quantitative estimate of drug-likeness (QED) is 0.397. The smallest absolute Gasteiger partial charge is 0.00978 e. The molecule has 4 saturated carbocycles. The Kier molecular flexibility index (Phi) is 6.84. The molecule has 0 radical (unpaired) electrons. The minimum Gasteiger partial charge on any atom is -0.148 e. The van der Waals surface area contributed by atoms with Gasteiger partial charge < -0.3 is 0 Å². The largest absolute Gasteiger partial charge is 0.148 e. The summed E-state index contributed by atoms with van der Waals surface area (Å²) < 4.78 is 0. The Bertz CT molecular complexity index is 597. The molecule has 4 aliphatic carbocycles. The molecule has 0 atom stereocenters. The Labute approximate surface area is 180 Å². The zero-order valence-electron chi connectivity index (χ0n) is 18.0. The van der Waals surface area contributed by atoms with Gasteiger partial charge in [-0.15, -0.1) is 11.3 Å². The first-order chi connectivity index (χ1) is 13.8. The molecule has 28 heavy (non-hydrogen) atoms. The fraction of sp³-hybridized carbons (Fsp3) is 0.840. The highest BCUT2D eigenvalue weighted by molar-refractivity contribution is 7.74. The van der Waals surface area contributed by atoms with Crippen LogP contribution in [0.5, 0.6) is 0 Å². The van der Waals surface area contributed by atoms with Crippen LogP contribution in [0.15, 0.2) is 5.38 Å². The van der Waals surface area contributed by atoms with Crippen LogP contribution in [0.3, 0.4) is 0 Å². The molecule has 0 spiro atoms. The summed E-state index contributed by atoms with van der Waals surface area (Å²) in [6, 6.07) is 0. The molecule has 0 unspecified atom stereocenters. The van der Waals surface area contributed by atoms with Crippen LogP contribution in [0, 0.1) is 6.92 Å². The van der Waals surface area contributed by atoms with Crippen molar-refractivity contribution in [3.63, 3.8) is 0 Å². The van der Waals surface area contributed by atoms with Crippen molar-refractivity contribution in [2.45, 2.75) is 132 Å². The van der Waals surface area contributed by atoms with Gasteiger partial charge in [-0.2, -0.15) is 0 Å². The first-order valence-electron chi connectivity index (χ1n) is 12.5. The van der Waals surface area contributed by atoms with E-state index in [0.717, 1.165) is 22.6 Å². The van der Waals surface area contributed by atoms with Gasteiger partial charge in [-0.3, -0.25) is 0 Å². The zero-order valence-corrected chi connectivity index (χ0v) is 20.6. The van der Waals surface area contributed by atoms with Crippen LogP contribution in [0.25, 0.3) is 0 Å². The van der Waals surface area contributed by atoms with E-state index in [1.165, 1.54) is 51.4 Å². The first-order valence-corrected chi connectivity index (χ1v) is 16.3. The summed E-state index contributed by atoms with van der Waals surface area (Å²) in [6.07, 6.45) is 24.6. The third kappa shape index (κ3) is 4.04. The van der Waals surface area contributed by atoms with E-state index < -0.39 is 0 Å². The average Bonchev–Trinajstić information content (AvgIpc) is 3.53. The van der Waals surface area contributed by atoms with Crippen LogP contribution in [0.2, 0.25) is 0 Å². The number of hydrogen-bond acceptors (Lipinski definition) is 1. The van der Waals surface area contributed by atoms with Crippen molar-refractivity contribution in [1.29, 1.82) is 0 Å². The summed E-state index contributed by atoms with van der Waals surface area (Å²) in [5.74, 6) is 0. The lowest BCUT2D eigenvalue weighted by Gasteiger charge is -2.36. The normalized spacial score (nSPS) is 26.0. The molecule has 4 aliphatic rings. The van der Waals surface area contributed by atoms with E-state index in [2.05, 4.69) is 23.6 Å². The molecule has 3 heteroatoms. The van der Waals surface area contributed by atoms with Gasteiger partial charge in [-0.1, -0.05) is 67.2 Å². The maximum atomic E-state index is 2.73. The van der Waals surface area contributed by atoms with Crippen LogP contribution in [0.1, 0.15) is 108 Å². The summed E-state index contributed by atoms with van der Waals surface area (Å²) in [5.41, 5.74) is 4.31. The zero-order chi connectivity index (χ0) is 18.9. The maximum Gasteiger partial charge on any atom is 0.00978 e. The molecule has 0 aromatic carbocycles. The van der Waals surface area contributed by atoms with Gasteiger partial charge in [0, 0.05) is 4.88 Å². The molecular weight excluding hydrogens is 394 g/mol.